The van der Waals surface area contributed by atoms with Crippen molar-refractivity contribution in [2.75, 3.05) is 57.3 Å². The maximum Gasteiger partial charge on any atom is 0.0252 e. The Labute approximate surface area is 110 Å². The first-order valence-electron chi connectivity index (χ1n) is 6.93. The topological polar surface area (TPSA) is 18.5 Å². The van der Waals surface area contributed by atoms with Crippen LogP contribution in [0.1, 0.15) is 20.3 Å². The van der Waals surface area contributed by atoms with E-state index in [1.54, 1.807) is 0 Å². The first-order chi connectivity index (χ1) is 8.16. The molecule has 0 aliphatic carbocycles. The van der Waals surface area contributed by atoms with Gasteiger partial charge in [0, 0.05) is 49.8 Å². The monoisotopic (exact) mass is 257 g/mol. The third kappa shape index (κ3) is 4.78. The summed E-state index contributed by atoms with van der Waals surface area (Å²) in [7, 11) is 0. The van der Waals surface area contributed by atoms with Gasteiger partial charge in [0.25, 0.3) is 0 Å². The highest BCUT2D eigenvalue weighted by Crippen LogP contribution is 2.12. The average molecular weight is 257 g/mol. The molecule has 0 aromatic carbocycles. The van der Waals surface area contributed by atoms with Crippen molar-refractivity contribution in [3.8, 4) is 0 Å². The minimum absolute atomic E-state index is 0.286. The predicted molar refractivity (Wildman–Crippen MR) is 76.9 cm³/mol. The summed E-state index contributed by atoms with van der Waals surface area (Å²) in [4.78, 5) is 5.27. The van der Waals surface area contributed by atoms with Crippen LogP contribution in [0.2, 0.25) is 0 Å². The van der Waals surface area contributed by atoms with Gasteiger partial charge in [-0.15, -0.1) is 0 Å². The van der Waals surface area contributed by atoms with Gasteiger partial charge in [-0.05, 0) is 33.4 Å². The van der Waals surface area contributed by atoms with E-state index >= 15 is 0 Å². The lowest BCUT2D eigenvalue weighted by atomic mass is 10.1. The zero-order chi connectivity index (χ0) is 12.1. The lowest BCUT2D eigenvalue weighted by molar-refractivity contribution is 0.192. The van der Waals surface area contributed by atoms with Crippen LogP contribution in [-0.4, -0.2) is 72.7 Å². The van der Waals surface area contributed by atoms with E-state index in [2.05, 4.69) is 40.7 Å². The summed E-state index contributed by atoms with van der Waals surface area (Å²) in [5, 5.41) is 3.63. The van der Waals surface area contributed by atoms with E-state index in [9.17, 15) is 0 Å². The highest BCUT2D eigenvalue weighted by atomic mass is 32.2. The Balaban J connectivity index is 1.73. The predicted octanol–water partition coefficient (Wildman–Crippen LogP) is 1.11. The highest BCUT2D eigenvalue weighted by Gasteiger charge is 2.24. The Morgan fingerprint density at radius 3 is 2.53 bits per heavy atom. The van der Waals surface area contributed by atoms with E-state index in [-0.39, 0.29) is 5.54 Å². The molecule has 0 amide bonds. The van der Waals surface area contributed by atoms with Crippen LogP contribution in [0.5, 0.6) is 0 Å². The fourth-order valence-electron chi connectivity index (χ4n) is 2.72. The third-order valence-corrected chi connectivity index (χ3v) is 4.65. The van der Waals surface area contributed by atoms with Crippen LogP contribution >= 0.6 is 11.8 Å². The average Bonchev–Trinajstić information content (AvgIpc) is 2.49. The molecule has 1 N–H and O–H groups in total. The van der Waals surface area contributed by atoms with Gasteiger partial charge in [-0.2, -0.15) is 11.8 Å². The van der Waals surface area contributed by atoms with Gasteiger partial charge in [0.1, 0.15) is 0 Å². The van der Waals surface area contributed by atoms with Gasteiger partial charge in [-0.3, -0.25) is 0 Å². The molecule has 2 rings (SSSR count). The van der Waals surface area contributed by atoms with E-state index in [1.807, 2.05) is 0 Å². The van der Waals surface area contributed by atoms with Crippen LogP contribution in [0.15, 0.2) is 0 Å². The van der Waals surface area contributed by atoms with Gasteiger partial charge < -0.3 is 15.1 Å². The minimum Gasteiger partial charge on any atom is -0.310 e. The van der Waals surface area contributed by atoms with Crippen LogP contribution in [0.25, 0.3) is 0 Å². The summed E-state index contributed by atoms with van der Waals surface area (Å²) in [6.07, 6.45) is 1.29. The molecule has 0 aromatic heterocycles. The third-order valence-electron chi connectivity index (χ3n) is 3.71. The van der Waals surface area contributed by atoms with Crippen LogP contribution in [0.3, 0.4) is 0 Å². The fraction of sp³-hybridized carbons (Fsp3) is 1.00. The van der Waals surface area contributed by atoms with Crippen LogP contribution in [0.4, 0.5) is 0 Å². The van der Waals surface area contributed by atoms with Crippen molar-refractivity contribution in [3.05, 3.63) is 0 Å². The molecule has 17 heavy (non-hydrogen) atoms. The van der Waals surface area contributed by atoms with Gasteiger partial charge >= 0.3 is 0 Å². The van der Waals surface area contributed by atoms with Crippen LogP contribution in [0, 0.1) is 0 Å². The Hall–Kier alpha value is 0.230. The quantitative estimate of drug-likeness (QED) is 0.816. The number of nitrogens with zero attached hydrogens (tertiary/aromatic N) is 2. The molecule has 0 unspecified atom stereocenters. The molecule has 100 valence electrons. The number of hydrogen-bond donors (Lipinski definition) is 1. The molecule has 2 heterocycles. The van der Waals surface area contributed by atoms with E-state index in [0.717, 1.165) is 0 Å². The van der Waals surface area contributed by atoms with Gasteiger partial charge in [0.15, 0.2) is 0 Å². The van der Waals surface area contributed by atoms with Crippen molar-refractivity contribution in [3.63, 3.8) is 0 Å². The lowest BCUT2D eigenvalue weighted by Crippen LogP contribution is -2.48. The fourth-order valence-corrected chi connectivity index (χ4v) is 3.70. The van der Waals surface area contributed by atoms with Crippen molar-refractivity contribution in [1.29, 1.82) is 0 Å². The number of nitrogens with one attached hydrogen (secondary N) is 1. The second-order valence-corrected chi connectivity index (χ2v) is 7.12. The summed E-state index contributed by atoms with van der Waals surface area (Å²) in [6.45, 7) is 13.4. The van der Waals surface area contributed by atoms with Crippen molar-refractivity contribution < 1.29 is 0 Å². The first-order valence-corrected chi connectivity index (χ1v) is 8.09. The Morgan fingerprint density at radius 1 is 1.06 bits per heavy atom. The Morgan fingerprint density at radius 2 is 1.76 bits per heavy atom. The maximum atomic E-state index is 3.63. The summed E-state index contributed by atoms with van der Waals surface area (Å²) in [6, 6.07) is 0. The normalized spacial score (nSPS) is 27.9. The summed E-state index contributed by atoms with van der Waals surface area (Å²) in [5.74, 6) is 2.65. The van der Waals surface area contributed by atoms with E-state index in [4.69, 9.17) is 0 Å². The highest BCUT2D eigenvalue weighted by molar-refractivity contribution is 7.99. The first kappa shape index (κ1) is 13.7. The molecule has 0 aromatic rings. The minimum atomic E-state index is 0.286. The summed E-state index contributed by atoms with van der Waals surface area (Å²) < 4.78 is 0. The van der Waals surface area contributed by atoms with E-state index in [0.29, 0.717) is 0 Å². The molecule has 0 saturated carbocycles. The van der Waals surface area contributed by atoms with Crippen LogP contribution < -0.4 is 5.32 Å². The molecule has 0 spiro atoms. The van der Waals surface area contributed by atoms with Gasteiger partial charge in [-0.1, -0.05) is 0 Å². The number of rotatable bonds is 3. The molecular weight excluding hydrogens is 230 g/mol. The molecule has 0 radical (unpaired) electrons. The molecule has 3 nitrogen and oxygen atoms in total. The molecule has 2 aliphatic rings. The molecule has 2 fully saturated rings. The second kappa shape index (κ2) is 6.41. The zero-order valence-corrected chi connectivity index (χ0v) is 12.2. The van der Waals surface area contributed by atoms with E-state index in [1.165, 1.54) is 63.7 Å². The maximum absolute atomic E-state index is 3.63. The Kier molecular flexibility index (Phi) is 5.15. The van der Waals surface area contributed by atoms with Crippen molar-refractivity contribution in [2.24, 2.45) is 0 Å². The van der Waals surface area contributed by atoms with E-state index < -0.39 is 0 Å². The van der Waals surface area contributed by atoms with Crippen molar-refractivity contribution >= 4 is 11.8 Å². The molecule has 0 bridgehead atoms. The summed E-state index contributed by atoms with van der Waals surface area (Å²) in [5.41, 5.74) is 0.286. The molecular formula is C13H27N3S. The lowest BCUT2D eigenvalue weighted by Gasteiger charge is -2.32. The second-order valence-electron chi connectivity index (χ2n) is 5.89. The Bertz CT molecular complexity index is 227. The SMILES string of the molecule is CC1(C)CN(CCN2CCSCC2)CCCN1. The van der Waals surface area contributed by atoms with Crippen molar-refractivity contribution in [2.45, 2.75) is 25.8 Å². The molecule has 0 atom stereocenters. The molecule has 2 aliphatic heterocycles. The largest absolute Gasteiger partial charge is 0.310 e. The van der Waals surface area contributed by atoms with Gasteiger partial charge in [0.2, 0.25) is 0 Å². The number of hydrogen-bond acceptors (Lipinski definition) is 4. The smallest absolute Gasteiger partial charge is 0.0252 e. The molecule has 4 heteroatoms. The van der Waals surface area contributed by atoms with Crippen LogP contribution in [-0.2, 0) is 0 Å². The van der Waals surface area contributed by atoms with Crippen molar-refractivity contribution in [1.82, 2.24) is 15.1 Å². The molecule has 2 saturated heterocycles. The standard InChI is InChI=1S/C13H27N3S/c1-13(2)12-16(5-3-4-14-13)7-6-15-8-10-17-11-9-15/h14H,3-12H2,1-2H3. The van der Waals surface area contributed by atoms with Gasteiger partial charge in [-0.25, -0.2) is 0 Å². The summed E-state index contributed by atoms with van der Waals surface area (Å²) >= 11 is 2.10. The van der Waals surface area contributed by atoms with Gasteiger partial charge in [0.05, 0.1) is 0 Å². The zero-order valence-electron chi connectivity index (χ0n) is 11.4. The number of thioether (sulfide) groups is 1.